The van der Waals surface area contributed by atoms with Crippen LogP contribution >= 0.6 is 22.9 Å². The Balaban J connectivity index is 2.16. The maximum absolute atomic E-state index is 12.2. The highest BCUT2D eigenvalue weighted by molar-refractivity contribution is 7.09. The first kappa shape index (κ1) is 11.9. The van der Waals surface area contributed by atoms with Crippen molar-refractivity contribution in [2.24, 2.45) is 5.92 Å². The third-order valence-electron chi connectivity index (χ3n) is 3.14. The van der Waals surface area contributed by atoms with E-state index < -0.39 is 0 Å². The topological polar surface area (TPSA) is 33.2 Å². The van der Waals surface area contributed by atoms with Crippen LogP contribution < -0.4 is 0 Å². The minimum atomic E-state index is 0.0272. The molecule has 2 unspecified atom stereocenters. The fourth-order valence-corrected chi connectivity index (χ4v) is 3.16. The Bertz CT molecular complexity index is 393. The zero-order valence-electron chi connectivity index (χ0n) is 9.44. The average Bonchev–Trinajstić information content (AvgIpc) is 2.83. The number of aryl methyl sites for hydroxylation is 1. The Kier molecular flexibility index (Phi) is 3.50. The van der Waals surface area contributed by atoms with E-state index in [4.69, 9.17) is 11.6 Å². The van der Waals surface area contributed by atoms with Crippen LogP contribution in [-0.2, 0) is 0 Å². The van der Waals surface area contributed by atoms with Gasteiger partial charge in [-0.2, -0.15) is 0 Å². The number of aromatic nitrogens is 1. The average molecular weight is 259 g/mol. The number of nitrogens with zero attached hydrogens (tertiary/aromatic N) is 2. The molecule has 1 aromatic heterocycles. The van der Waals surface area contributed by atoms with Crippen molar-refractivity contribution in [2.45, 2.75) is 26.3 Å². The van der Waals surface area contributed by atoms with Crippen molar-refractivity contribution in [2.75, 3.05) is 12.4 Å². The first-order valence-electron chi connectivity index (χ1n) is 5.42. The second-order valence-electron chi connectivity index (χ2n) is 4.24. The number of alkyl halides is 1. The number of hydrogen-bond acceptors (Lipinski definition) is 3. The van der Waals surface area contributed by atoms with Crippen molar-refractivity contribution in [1.29, 1.82) is 0 Å². The number of rotatable bonds is 2. The van der Waals surface area contributed by atoms with Gasteiger partial charge >= 0.3 is 0 Å². The van der Waals surface area contributed by atoms with Gasteiger partial charge in [0.25, 0.3) is 5.91 Å². The van der Waals surface area contributed by atoms with Gasteiger partial charge in [0.2, 0.25) is 0 Å². The Labute approximate surface area is 104 Å². The second-order valence-corrected chi connectivity index (χ2v) is 5.61. The van der Waals surface area contributed by atoms with Crippen LogP contribution in [0.4, 0.5) is 0 Å². The molecule has 88 valence electrons. The van der Waals surface area contributed by atoms with E-state index in [-0.39, 0.29) is 11.9 Å². The highest BCUT2D eigenvalue weighted by Gasteiger charge is 2.34. The van der Waals surface area contributed by atoms with Crippen LogP contribution in [0.1, 0.15) is 28.8 Å². The second kappa shape index (κ2) is 4.72. The van der Waals surface area contributed by atoms with Gasteiger partial charge in [-0.1, -0.05) is 6.92 Å². The molecule has 5 heteroatoms. The Morgan fingerprint density at radius 1 is 1.75 bits per heavy atom. The zero-order chi connectivity index (χ0) is 11.7. The van der Waals surface area contributed by atoms with Crippen LogP contribution in [0.2, 0.25) is 0 Å². The molecule has 16 heavy (non-hydrogen) atoms. The van der Waals surface area contributed by atoms with Gasteiger partial charge < -0.3 is 4.90 Å². The van der Waals surface area contributed by atoms with E-state index in [9.17, 15) is 4.79 Å². The van der Waals surface area contributed by atoms with Crippen molar-refractivity contribution in [3.8, 4) is 0 Å². The van der Waals surface area contributed by atoms with Crippen molar-refractivity contribution in [3.63, 3.8) is 0 Å². The van der Waals surface area contributed by atoms with Crippen LogP contribution in [0.15, 0.2) is 5.38 Å². The molecule has 0 bridgehead atoms. The van der Waals surface area contributed by atoms with Crippen molar-refractivity contribution in [3.05, 3.63) is 16.1 Å². The van der Waals surface area contributed by atoms with Gasteiger partial charge in [-0.3, -0.25) is 4.79 Å². The summed E-state index contributed by atoms with van der Waals surface area (Å²) in [6.45, 7) is 4.85. The van der Waals surface area contributed by atoms with Crippen LogP contribution in [0, 0.1) is 12.8 Å². The smallest absolute Gasteiger partial charge is 0.273 e. The number of halogens is 1. The lowest BCUT2D eigenvalue weighted by Gasteiger charge is -2.24. The highest BCUT2D eigenvalue weighted by Crippen LogP contribution is 2.26. The molecule has 0 N–H and O–H groups in total. The van der Waals surface area contributed by atoms with Gasteiger partial charge in [0.15, 0.2) is 0 Å². The Morgan fingerprint density at radius 2 is 2.50 bits per heavy atom. The molecule has 2 atom stereocenters. The first-order chi connectivity index (χ1) is 7.63. The SMILES string of the molecule is Cc1nc(C(=O)N2CCC(C)C2CCl)cs1. The van der Waals surface area contributed by atoms with E-state index in [0.717, 1.165) is 18.0 Å². The summed E-state index contributed by atoms with van der Waals surface area (Å²) < 4.78 is 0. The normalized spacial score (nSPS) is 25.1. The van der Waals surface area contributed by atoms with E-state index in [1.807, 2.05) is 17.2 Å². The molecule has 2 rings (SSSR count). The summed E-state index contributed by atoms with van der Waals surface area (Å²) in [6, 6.07) is 0.163. The Hall–Kier alpha value is -0.610. The van der Waals surface area contributed by atoms with Crippen LogP contribution in [0.3, 0.4) is 0 Å². The summed E-state index contributed by atoms with van der Waals surface area (Å²) in [5.41, 5.74) is 0.562. The minimum absolute atomic E-state index is 0.0272. The molecule has 1 amide bonds. The number of hydrogen-bond donors (Lipinski definition) is 0. The molecule has 0 aliphatic carbocycles. The summed E-state index contributed by atoms with van der Waals surface area (Å²) in [5.74, 6) is 1.02. The zero-order valence-corrected chi connectivity index (χ0v) is 11.0. The molecular formula is C11H15ClN2OS. The molecular weight excluding hydrogens is 244 g/mol. The van der Waals surface area contributed by atoms with Gasteiger partial charge in [0.05, 0.1) is 5.01 Å². The van der Waals surface area contributed by atoms with Gasteiger partial charge in [0.1, 0.15) is 5.69 Å². The maximum atomic E-state index is 12.2. The van der Waals surface area contributed by atoms with Crippen molar-refractivity contribution in [1.82, 2.24) is 9.88 Å². The number of carbonyl (C=O) groups excluding carboxylic acids is 1. The van der Waals surface area contributed by atoms with Crippen molar-refractivity contribution >= 4 is 28.8 Å². The van der Waals surface area contributed by atoms with Gasteiger partial charge in [-0.25, -0.2) is 4.98 Å². The van der Waals surface area contributed by atoms with Crippen LogP contribution in [0.25, 0.3) is 0 Å². The van der Waals surface area contributed by atoms with E-state index in [1.165, 1.54) is 11.3 Å². The van der Waals surface area contributed by atoms with Gasteiger partial charge in [0, 0.05) is 23.8 Å². The molecule has 1 saturated heterocycles. The summed E-state index contributed by atoms with van der Waals surface area (Å²) in [5, 5.41) is 2.75. The molecule has 1 aromatic rings. The summed E-state index contributed by atoms with van der Waals surface area (Å²) in [6.07, 6.45) is 1.03. The first-order valence-corrected chi connectivity index (χ1v) is 6.84. The summed E-state index contributed by atoms with van der Waals surface area (Å²) in [7, 11) is 0. The summed E-state index contributed by atoms with van der Waals surface area (Å²) >= 11 is 7.43. The minimum Gasteiger partial charge on any atom is -0.333 e. The molecule has 0 radical (unpaired) electrons. The lowest BCUT2D eigenvalue weighted by molar-refractivity contribution is 0.0731. The monoisotopic (exact) mass is 258 g/mol. The quantitative estimate of drug-likeness (QED) is 0.764. The van der Waals surface area contributed by atoms with E-state index in [1.54, 1.807) is 0 Å². The predicted octanol–water partition coefficient (Wildman–Crippen LogP) is 2.54. The highest BCUT2D eigenvalue weighted by atomic mass is 35.5. The van der Waals surface area contributed by atoms with Gasteiger partial charge in [-0.15, -0.1) is 22.9 Å². The molecule has 0 saturated carbocycles. The molecule has 3 nitrogen and oxygen atoms in total. The van der Waals surface area contributed by atoms with Crippen LogP contribution in [0.5, 0.6) is 0 Å². The number of carbonyl (C=O) groups is 1. The third-order valence-corrected chi connectivity index (χ3v) is 4.23. The number of likely N-dealkylation sites (tertiary alicyclic amines) is 1. The van der Waals surface area contributed by atoms with E-state index in [2.05, 4.69) is 11.9 Å². The summed E-state index contributed by atoms with van der Waals surface area (Å²) in [4.78, 5) is 18.3. The fourth-order valence-electron chi connectivity index (χ4n) is 2.10. The lowest BCUT2D eigenvalue weighted by Crippen LogP contribution is -2.38. The molecule has 1 aliphatic heterocycles. The number of thiazole rings is 1. The Morgan fingerprint density at radius 3 is 3.06 bits per heavy atom. The van der Waals surface area contributed by atoms with E-state index >= 15 is 0 Å². The van der Waals surface area contributed by atoms with Crippen molar-refractivity contribution < 1.29 is 4.79 Å². The van der Waals surface area contributed by atoms with Gasteiger partial charge in [-0.05, 0) is 19.3 Å². The molecule has 1 fully saturated rings. The van der Waals surface area contributed by atoms with Crippen LogP contribution in [-0.4, -0.2) is 34.3 Å². The fraction of sp³-hybridized carbons (Fsp3) is 0.636. The van der Waals surface area contributed by atoms with E-state index in [0.29, 0.717) is 17.5 Å². The molecule has 0 spiro atoms. The third kappa shape index (κ3) is 2.09. The predicted molar refractivity (Wildman–Crippen MR) is 66.2 cm³/mol. The lowest BCUT2D eigenvalue weighted by atomic mass is 10.1. The molecule has 2 heterocycles. The maximum Gasteiger partial charge on any atom is 0.273 e. The molecule has 0 aromatic carbocycles. The largest absolute Gasteiger partial charge is 0.333 e. The standard InChI is InChI=1S/C11H15ClN2OS/c1-7-3-4-14(10(7)5-12)11(15)9-6-16-8(2)13-9/h6-7,10H,3-5H2,1-2H3. The molecule has 1 aliphatic rings. The number of amides is 1.